The van der Waals surface area contributed by atoms with E-state index in [1.807, 2.05) is 59.2 Å². The highest BCUT2D eigenvalue weighted by atomic mass is 35.5. The summed E-state index contributed by atoms with van der Waals surface area (Å²) >= 11 is 6.14. The van der Waals surface area contributed by atoms with Gasteiger partial charge in [0.15, 0.2) is 0 Å². The molecule has 2 aromatic carbocycles. The molecular formula is C28H36ClN3O3. The Balaban J connectivity index is 1.42. The van der Waals surface area contributed by atoms with Crippen LogP contribution in [0.2, 0.25) is 5.02 Å². The summed E-state index contributed by atoms with van der Waals surface area (Å²) in [5.41, 5.74) is 1.91. The van der Waals surface area contributed by atoms with Gasteiger partial charge in [0.2, 0.25) is 11.8 Å². The van der Waals surface area contributed by atoms with Crippen molar-refractivity contribution in [2.75, 3.05) is 52.9 Å². The smallest absolute Gasteiger partial charge is 0.226 e. The number of nitrogens with zero attached hydrogens (tertiary/aromatic N) is 3. The van der Waals surface area contributed by atoms with Crippen LogP contribution in [0.1, 0.15) is 30.4 Å². The third-order valence-electron chi connectivity index (χ3n) is 7.50. The second kappa shape index (κ2) is 11.4. The molecule has 0 saturated carbocycles. The Bertz CT molecular complexity index is 1030. The lowest BCUT2D eigenvalue weighted by Crippen LogP contribution is -2.51. The molecular weight excluding hydrogens is 462 g/mol. The second-order valence-corrected chi connectivity index (χ2v) is 10.5. The Labute approximate surface area is 213 Å². The number of carbonyl (C=O) groups is 2. The van der Waals surface area contributed by atoms with E-state index in [-0.39, 0.29) is 17.2 Å². The number of piperazine rings is 1. The van der Waals surface area contributed by atoms with Crippen LogP contribution in [-0.4, -0.2) is 79.4 Å². The van der Waals surface area contributed by atoms with Crippen LogP contribution in [0.15, 0.2) is 48.5 Å². The van der Waals surface area contributed by atoms with Crippen LogP contribution in [0.25, 0.3) is 0 Å². The minimum Gasteiger partial charge on any atom is -0.493 e. The first kappa shape index (κ1) is 25.5. The van der Waals surface area contributed by atoms with Crippen LogP contribution in [0.4, 0.5) is 0 Å². The number of likely N-dealkylation sites (tertiary alicyclic amines) is 1. The van der Waals surface area contributed by atoms with Crippen molar-refractivity contribution in [2.24, 2.45) is 5.41 Å². The van der Waals surface area contributed by atoms with E-state index in [0.717, 1.165) is 50.1 Å². The molecule has 0 unspecified atom stereocenters. The second-order valence-electron chi connectivity index (χ2n) is 10.1. The summed E-state index contributed by atoms with van der Waals surface area (Å²) in [5.74, 6) is 1.04. The lowest BCUT2D eigenvalue weighted by atomic mass is 9.75. The third-order valence-corrected chi connectivity index (χ3v) is 7.74. The molecule has 2 amide bonds. The fourth-order valence-corrected chi connectivity index (χ4v) is 5.15. The Morgan fingerprint density at radius 2 is 1.60 bits per heavy atom. The number of carbonyl (C=O) groups excluding carboxylic acids is 2. The summed E-state index contributed by atoms with van der Waals surface area (Å²) in [6, 6.07) is 15.4. The number of hydrogen-bond acceptors (Lipinski definition) is 4. The maximum atomic E-state index is 13.3. The molecule has 2 aliphatic heterocycles. The molecule has 0 bridgehead atoms. The quantitative estimate of drug-likeness (QED) is 0.579. The van der Waals surface area contributed by atoms with Crippen molar-refractivity contribution >= 4 is 23.4 Å². The lowest BCUT2D eigenvalue weighted by molar-refractivity contribution is -0.138. The van der Waals surface area contributed by atoms with Crippen molar-refractivity contribution in [3.63, 3.8) is 0 Å². The Morgan fingerprint density at radius 3 is 2.29 bits per heavy atom. The fraction of sp³-hybridized carbons (Fsp3) is 0.500. The molecule has 2 aliphatic rings. The maximum absolute atomic E-state index is 13.3. The largest absolute Gasteiger partial charge is 0.493 e. The summed E-state index contributed by atoms with van der Waals surface area (Å²) in [5, 5.41) is 0.627. The van der Waals surface area contributed by atoms with Crippen LogP contribution in [0, 0.1) is 12.3 Å². The summed E-state index contributed by atoms with van der Waals surface area (Å²) in [4.78, 5) is 32.5. The Kier molecular flexibility index (Phi) is 8.34. The number of amides is 2. The molecule has 4 rings (SSSR count). The third kappa shape index (κ3) is 6.77. The number of benzene rings is 2. The number of halogens is 1. The van der Waals surface area contributed by atoms with Crippen LogP contribution >= 0.6 is 11.6 Å². The van der Waals surface area contributed by atoms with Gasteiger partial charge in [-0.25, -0.2) is 0 Å². The molecule has 2 heterocycles. The predicted molar refractivity (Wildman–Crippen MR) is 139 cm³/mol. The van der Waals surface area contributed by atoms with E-state index in [9.17, 15) is 9.59 Å². The van der Waals surface area contributed by atoms with E-state index < -0.39 is 0 Å². The molecule has 0 N–H and O–H groups in total. The molecule has 0 spiro atoms. The zero-order valence-electron chi connectivity index (χ0n) is 20.8. The van der Waals surface area contributed by atoms with Gasteiger partial charge in [0.05, 0.1) is 13.0 Å². The highest BCUT2D eigenvalue weighted by molar-refractivity contribution is 6.30. The average Bonchev–Trinajstić information content (AvgIpc) is 2.85. The molecule has 2 fully saturated rings. The molecule has 7 heteroatoms. The van der Waals surface area contributed by atoms with E-state index in [1.54, 1.807) is 6.07 Å². The van der Waals surface area contributed by atoms with Gasteiger partial charge >= 0.3 is 0 Å². The zero-order valence-corrected chi connectivity index (χ0v) is 21.6. The topological polar surface area (TPSA) is 53.1 Å². The van der Waals surface area contributed by atoms with Gasteiger partial charge in [0.25, 0.3) is 0 Å². The van der Waals surface area contributed by atoms with E-state index in [4.69, 9.17) is 16.3 Å². The van der Waals surface area contributed by atoms with Crippen molar-refractivity contribution in [1.29, 1.82) is 0 Å². The first-order chi connectivity index (χ1) is 16.8. The summed E-state index contributed by atoms with van der Waals surface area (Å²) in [6.07, 6.45) is 2.34. The summed E-state index contributed by atoms with van der Waals surface area (Å²) in [6.45, 7) is 7.09. The van der Waals surface area contributed by atoms with Crippen molar-refractivity contribution in [3.05, 3.63) is 64.7 Å². The summed E-state index contributed by atoms with van der Waals surface area (Å²) in [7, 11) is 2.09. The van der Waals surface area contributed by atoms with Crippen LogP contribution in [0.5, 0.6) is 5.75 Å². The molecule has 0 atom stereocenters. The van der Waals surface area contributed by atoms with E-state index >= 15 is 0 Å². The fourth-order valence-electron chi connectivity index (χ4n) is 4.97. The minimum absolute atomic E-state index is 0.147. The Hall–Kier alpha value is -2.57. The molecule has 0 aromatic heterocycles. The van der Waals surface area contributed by atoms with E-state index in [1.165, 1.54) is 0 Å². The number of piperidine rings is 1. The minimum atomic E-state index is -0.303. The van der Waals surface area contributed by atoms with Crippen LogP contribution in [-0.2, 0) is 16.0 Å². The number of rotatable bonds is 7. The molecule has 2 saturated heterocycles. The average molecular weight is 498 g/mol. The summed E-state index contributed by atoms with van der Waals surface area (Å²) < 4.78 is 6.18. The molecule has 0 aliphatic carbocycles. The highest BCUT2D eigenvalue weighted by Gasteiger charge is 2.40. The first-order valence-corrected chi connectivity index (χ1v) is 12.9. The molecule has 6 nitrogen and oxygen atoms in total. The molecule has 0 radical (unpaired) electrons. The predicted octanol–water partition coefficient (Wildman–Crippen LogP) is 4.04. The van der Waals surface area contributed by atoms with Gasteiger partial charge in [-0.15, -0.1) is 0 Å². The van der Waals surface area contributed by atoms with Crippen molar-refractivity contribution in [1.82, 2.24) is 14.7 Å². The first-order valence-electron chi connectivity index (χ1n) is 12.5. The maximum Gasteiger partial charge on any atom is 0.226 e. The number of hydrogen-bond donors (Lipinski definition) is 0. The van der Waals surface area contributed by atoms with Gasteiger partial charge in [0.1, 0.15) is 5.75 Å². The van der Waals surface area contributed by atoms with Gasteiger partial charge in [-0.3, -0.25) is 9.59 Å². The number of likely N-dealkylation sites (N-methyl/N-ethyl adjacent to an activating group) is 1. The SMILES string of the molecule is Cc1ccccc1CC(=O)N1CCC(COc2cccc(Cl)c2)(CC(=O)N2CCN(C)CC2)CC1. The molecule has 188 valence electrons. The van der Waals surface area contributed by atoms with Gasteiger partial charge < -0.3 is 19.4 Å². The normalized spacial score (nSPS) is 18.4. The highest BCUT2D eigenvalue weighted by Crippen LogP contribution is 2.37. The van der Waals surface area contributed by atoms with Crippen molar-refractivity contribution in [3.8, 4) is 5.75 Å². The lowest BCUT2D eigenvalue weighted by Gasteiger charge is -2.43. The Morgan fingerprint density at radius 1 is 0.914 bits per heavy atom. The van der Waals surface area contributed by atoms with Gasteiger partial charge in [-0.2, -0.15) is 0 Å². The molecule has 2 aromatic rings. The van der Waals surface area contributed by atoms with Gasteiger partial charge in [-0.05, 0) is 56.1 Å². The number of ether oxygens (including phenoxy) is 1. The standard InChI is InChI=1S/C28H36ClN3O3/c1-22-6-3-4-7-23(22)18-26(33)31-12-10-28(11-13-31,21-35-25-9-5-8-24(29)19-25)20-27(34)32-16-14-30(2)15-17-32/h3-9,19H,10-18,20-21H2,1-2H3. The van der Waals surface area contributed by atoms with E-state index in [2.05, 4.69) is 11.9 Å². The van der Waals surface area contributed by atoms with Gasteiger partial charge in [-0.1, -0.05) is 41.9 Å². The number of aryl methyl sites for hydroxylation is 1. The molecule has 35 heavy (non-hydrogen) atoms. The monoisotopic (exact) mass is 497 g/mol. The van der Waals surface area contributed by atoms with Crippen molar-refractivity contribution < 1.29 is 14.3 Å². The van der Waals surface area contributed by atoms with Crippen LogP contribution < -0.4 is 4.74 Å². The zero-order chi connectivity index (χ0) is 24.8. The van der Waals surface area contributed by atoms with E-state index in [0.29, 0.717) is 43.3 Å². The van der Waals surface area contributed by atoms with Crippen LogP contribution in [0.3, 0.4) is 0 Å². The van der Waals surface area contributed by atoms with Gasteiger partial charge in [0, 0.05) is 56.1 Å². The van der Waals surface area contributed by atoms with Crippen molar-refractivity contribution in [2.45, 2.75) is 32.6 Å².